The molecule has 0 aliphatic rings. The average Bonchev–Trinajstić information content (AvgIpc) is 1.61. The maximum Gasteiger partial charge on any atom is 0.176 e. The zero-order valence-corrected chi connectivity index (χ0v) is 5.49. The molecule has 7 heavy (non-hydrogen) atoms. The van der Waals surface area contributed by atoms with E-state index in [4.69, 9.17) is 0 Å². The van der Waals surface area contributed by atoms with Crippen LogP contribution in [0.25, 0.3) is 0 Å². The molecule has 0 N–H and O–H groups in total. The molecular formula is C5H10OS. The summed E-state index contributed by atoms with van der Waals surface area (Å²) in [5.41, 5.74) is 0.889. The van der Waals surface area contributed by atoms with Crippen LogP contribution in [0.2, 0.25) is 0 Å². The minimum Gasteiger partial charge on any atom is -0.291 e. The number of hydrogen-bond donors (Lipinski definition) is 0. The van der Waals surface area contributed by atoms with Crippen molar-refractivity contribution in [1.29, 1.82) is 0 Å². The molecule has 0 amide bonds. The van der Waals surface area contributed by atoms with Crippen molar-refractivity contribution in [3.8, 4) is 0 Å². The van der Waals surface area contributed by atoms with E-state index in [0.717, 1.165) is 11.4 Å². The Kier molecular flexibility index (Phi) is 4.20. The first-order valence-electron chi connectivity index (χ1n) is 2.32. The summed E-state index contributed by atoms with van der Waals surface area (Å²) in [5, 5.41) is 0. The van der Waals surface area contributed by atoms with Crippen LogP contribution in [0.5, 0.6) is 0 Å². The largest absolute Gasteiger partial charge is 0.291 e. The second-order valence-corrected chi connectivity index (χ2v) is 2.68. The number of hydrogen-bond acceptors (Lipinski definition) is 2. The van der Waals surface area contributed by atoms with E-state index in [2.05, 4.69) is 13.8 Å². The molecule has 0 aromatic heterocycles. The lowest BCUT2D eigenvalue weighted by Gasteiger charge is -1.94. The van der Waals surface area contributed by atoms with Crippen LogP contribution >= 0.6 is 11.8 Å². The Labute approximate surface area is 48.5 Å². The highest BCUT2D eigenvalue weighted by Gasteiger charge is 1.89. The fraction of sp³-hybridized carbons (Fsp3) is 0.800. The first kappa shape index (κ1) is 7.02. The number of rotatable bonds is 3. The van der Waals surface area contributed by atoms with Crippen LogP contribution in [0, 0.1) is 5.92 Å². The van der Waals surface area contributed by atoms with Crippen LogP contribution in [0.4, 0.5) is 0 Å². The van der Waals surface area contributed by atoms with E-state index in [1.807, 2.05) is 0 Å². The predicted octanol–water partition coefficient (Wildman–Crippen LogP) is 1.57. The Morgan fingerprint density at radius 1 is 1.71 bits per heavy atom. The molecule has 0 rings (SSSR count). The van der Waals surface area contributed by atoms with Gasteiger partial charge >= 0.3 is 0 Å². The van der Waals surface area contributed by atoms with Crippen molar-refractivity contribution < 1.29 is 4.79 Å². The summed E-state index contributed by atoms with van der Waals surface area (Å²) in [5.74, 6) is 1.58. The molecule has 2 heteroatoms. The molecule has 0 heterocycles. The molecule has 0 bridgehead atoms. The molecule has 0 saturated carbocycles. The van der Waals surface area contributed by atoms with Crippen molar-refractivity contribution in [2.45, 2.75) is 13.8 Å². The molecule has 42 valence electrons. The van der Waals surface area contributed by atoms with Gasteiger partial charge in [-0.1, -0.05) is 25.6 Å². The zero-order chi connectivity index (χ0) is 5.70. The lowest BCUT2D eigenvalue weighted by atomic mass is 10.3. The van der Waals surface area contributed by atoms with Crippen molar-refractivity contribution in [3.63, 3.8) is 0 Å². The van der Waals surface area contributed by atoms with Gasteiger partial charge in [-0.05, 0) is 5.92 Å². The zero-order valence-electron chi connectivity index (χ0n) is 4.68. The Balaban J connectivity index is 2.81. The average molecular weight is 118 g/mol. The van der Waals surface area contributed by atoms with Crippen LogP contribution in [0.1, 0.15) is 13.8 Å². The lowest BCUT2D eigenvalue weighted by Crippen LogP contribution is -1.88. The monoisotopic (exact) mass is 118 g/mol. The SMILES string of the molecule is CC(C)CSC=O. The second-order valence-electron chi connectivity index (χ2n) is 1.82. The van der Waals surface area contributed by atoms with Gasteiger partial charge in [-0.25, -0.2) is 0 Å². The molecule has 0 fully saturated rings. The van der Waals surface area contributed by atoms with Crippen LogP contribution < -0.4 is 0 Å². The number of carbonyl (C=O) groups excluding carboxylic acids is 1. The van der Waals surface area contributed by atoms with Gasteiger partial charge in [0.15, 0.2) is 5.62 Å². The lowest BCUT2D eigenvalue weighted by molar-refractivity contribution is 0.569. The van der Waals surface area contributed by atoms with Crippen molar-refractivity contribution in [2.24, 2.45) is 5.92 Å². The van der Waals surface area contributed by atoms with E-state index < -0.39 is 0 Å². The fourth-order valence-corrected chi connectivity index (χ4v) is 0.695. The summed E-state index contributed by atoms with van der Waals surface area (Å²) in [6.07, 6.45) is 0. The van der Waals surface area contributed by atoms with Gasteiger partial charge in [-0.2, -0.15) is 0 Å². The third-order valence-corrected chi connectivity index (χ3v) is 1.49. The minimum absolute atomic E-state index is 0.634. The Morgan fingerprint density at radius 2 is 2.29 bits per heavy atom. The highest BCUT2D eigenvalue weighted by atomic mass is 32.2. The third-order valence-electron chi connectivity index (χ3n) is 0.498. The summed E-state index contributed by atoms with van der Waals surface area (Å²) in [6, 6.07) is 0. The van der Waals surface area contributed by atoms with Gasteiger partial charge in [0.1, 0.15) is 0 Å². The van der Waals surface area contributed by atoms with Gasteiger partial charge in [-0.3, -0.25) is 4.79 Å². The number of carbonyl (C=O) groups is 1. The maximum absolute atomic E-state index is 9.67. The number of thioether (sulfide) groups is 1. The van der Waals surface area contributed by atoms with Crippen molar-refractivity contribution in [1.82, 2.24) is 0 Å². The quantitative estimate of drug-likeness (QED) is 0.523. The molecule has 0 aliphatic carbocycles. The maximum atomic E-state index is 9.67. The van der Waals surface area contributed by atoms with E-state index in [-0.39, 0.29) is 0 Å². The Morgan fingerprint density at radius 3 is 2.43 bits per heavy atom. The molecule has 1 nitrogen and oxygen atoms in total. The van der Waals surface area contributed by atoms with Crippen molar-refractivity contribution in [2.75, 3.05) is 5.75 Å². The standard InChI is InChI=1S/C5H10OS/c1-5(2)3-7-4-6/h4-5H,3H2,1-2H3. The first-order chi connectivity index (χ1) is 3.27. The summed E-state index contributed by atoms with van der Waals surface area (Å²) in [6.45, 7) is 4.19. The normalized spacial score (nSPS) is 9.57. The van der Waals surface area contributed by atoms with Gasteiger partial charge in [0.2, 0.25) is 0 Å². The molecule has 0 saturated heterocycles. The second kappa shape index (κ2) is 4.19. The van der Waals surface area contributed by atoms with Gasteiger partial charge in [-0.15, -0.1) is 0 Å². The van der Waals surface area contributed by atoms with E-state index in [9.17, 15) is 4.79 Å². The molecule has 0 unspecified atom stereocenters. The molecular weight excluding hydrogens is 108 g/mol. The van der Waals surface area contributed by atoms with Gasteiger partial charge in [0.05, 0.1) is 0 Å². The topological polar surface area (TPSA) is 17.1 Å². The predicted molar refractivity (Wildman–Crippen MR) is 34.0 cm³/mol. The highest BCUT2D eigenvalue weighted by Crippen LogP contribution is 2.01. The summed E-state index contributed by atoms with van der Waals surface area (Å²) in [4.78, 5) is 9.67. The molecule has 0 aromatic rings. The van der Waals surface area contributed by atoms with Gasteiger partial charge < -0.3 is 0 Å². The molecule has 0 aliphatic heterocycles. The van der Waals surface area contributed by atoms with E-state index in [1.54, 1.807) is 0 Å². The summed E-state index contributed by atoms with van der Waals surface area (Å²) < 4.78 is 0. The first-order valence-corrected chi connectivity index (χ1v) is 3.37. The highest BCUT2D eigenvalue weighted by molar-refractivity contribution is 8.11. The molecule has 0 radical (unpaired) electrons. The van der Waals surface area contributed by atoms with Crippen LogP contribution in [-0.4, -0.2) is 11.4 Å². The van der Waals surface area contributed by atoms with Gasteiger partial charge in [0.25, 0.3) is 0 Å². The molecule has 0 atom stereocenters. The smallest absolute Gasteiger partial charge is 0.176 e. The van der Waals surface area contributed by atoms with Crippen molar-refractivity contribution in [3.05, 3.63) is 0 Å². The van der Waals surface area contributed by atoms with Crippen LogP contribution in [0.15, 0.2) is 0 Å². The van der Waals surface area contributed by atoms with Gasteiger partial charge in [0, 0.05) is 5.75 Å². The van der Waals surface area contributed by atoms with E-state index in [1.165, 1.54) is 11.8 Å². The summed E-state index contributed by atoms with van der Waals surface area (Å²) >= 11 is 1.34. The third kappa shape index (κ3) is 6.02. The van der Waals surface area contributed by atoms with Crippen molar-refractivity contribution >= 4 is 17.4 Å². The molecule has 0 spiro atoms. The van der Waals surface area contributed by atoms with E-state index >= 15 is 0 Å². The Hall–Kier alpha value is 0.0200. The van der Waals surface area contributed by atoms with E-state index in [0.29, 0.717) is 5.92 Å². The summed E-state index contributed by atoms with van der Waals surface area (Å²) in [7, 11) is 0. The van der Waals surface area contributed by atoms with Crippen LogP contribution in [-0.2, 0) is 4.79 Å². The van der Waals surface area contributed by atoms with Crippen LogP contribution in [0.3, 0.4) is 0 Å². The Bertz CT molecular complexity index is 52.0. The molecule has 0 aromatic carbocycles. The minimum atomic E-state index is 0.634. The fourth-order valence-electron chi connectivity index (χ4n) is 0.232.